The van der Waals surface area contributed by atoms with Crippen molar-refractivity contribution < 1.29 is 14.3 Å². The second-order valence-electron chi connectivity index (χ2n) is 7.89. The van der Waals surface area contributed by atoms with Crippen LogP contribution in [0.4, 0.5) is 5.69 Å². The third-order valence-electron chi connectivity index (χ3n) is 6.04. The lowest BCUT2D eigenvalue weighted by molar-refractivity contribution is -0.116. The van der Waals surface area contributed by atoms with Crippen molar-refractivity contribution in [1.82, 2.24) is 4.98 Å². The van der Waals surface area contributed by atoms with Crippen LogP contribution < -0.4 is 5.32 Å². The molecule has 0 radical (unpaired) electrons. The van der Waals surface area contributed by atoms with Gasteiger partial charge in [0.2, 0.25) is 0 Å². The van der Waals surface area contributed by atoms with Crippen LogP contribution in [0.25, 0.3) is 10.9 Å². The van der Waals surface area contributed by atoms with Crippen molar-refractivity contribution in [2.75, 3.05) is 12.4 Å². The number of allylic oxidation sites excluding steroid dienone is 2. The van der Waals surface area contributed by atoms with E-state index >= 15 is 0 Å². The molecule has 1 aliphatic carbocycles. The Morgan fingerprint density at radius 1 is 1.07 bits per heavy atom. The van der Waals surface area contributed by atoms with Gasteiger partial charge in [-0.1, -0.05) is 18.2 Å². The van der Waals surface area contributed by atoms with Crippen molar-refractivity contribution in [3.63, 3.8) is 0 Å². The van der Waals surface area contributed by atoms with Crippen LogP contribution in [0.2, 0.25) is 0 Å². The van der Waals surface area contributed by atoms with Crippen molar-refractivity contribution in [3.8, 4) is 0 Å². The fourth-order valence-corrected chi connectivity index (χ4v) is 4.61. The maximum atomic E-state index is 13.0. The Balaban J connectivity index is 1.71. The van der Waals surface area contributed by atoms with Crippen LogP contribution in [-0.4, -0.2) is 23.8 Å². The van der Waals surface area contributed by atoms with E-state index in [1.807, 2.05) is 31.2 Å². The predicted octanol–water partition coefficient (Wildman–Crippen LogP) is 4.89. The number of carbonyl (C=O) groups is 2. The Labute approximate surface area is 174 Å². The van der Waals surface area contributed by atoms with Crippen molar-refractivity contribution in [1.29, 1.82) is 0 Å². The van der Waals surface area contributed by atoms with Gasteiger partial charge in [-0.15, -0.1) is 0 Å². The molecule has 0 saturated heterocycles. The molecular weight excluding hydrogens is 376 g/mol. The van der Waals surface area contributed by atoms with Gasteiger partial charge in [-0.3, -0.25) is 9.78 Å². The van der Waals surface area contributed by atoms with Gasteiger partial charge in [0.25, 0.3) is 0 Å². The van der Waals surface area contributed by atoms with Gasteiger partial charge in [0.15, 0.2) is 5.78 Å². The highest BCUT2D eigenvalue weighted by atomic mass is 16.5. The van der Waals surface area contributed by atoms with Gasteiger partial charge < -0.3 is 10.1 Å². The molecule has 150 valence electrons. The average molecular weight is 398 g/mol. The van der Waals surface area contributed by atoms with Crippen LogP contribution in [0.3, 0.4) is 0 Å². The number of fused-ring (bicyclic) bond motifs is 3. The minimum absolute atomic E-state index is 0.165. The molecule has 0 bridgehead atoms. The number of ketones is 1. The molecule has 1 aliphatic heterocycles. The summed E-state index contributed by atoms with van der Waals surface area (Å²) in [7, 11) is 1.37. The van der Waals surface area contributed by atoms with Gasteiger partial charge in [-0.25, -0.2) is 4.79 Å². The number of hydrogen-bond acceptors (Lipinski definition) is 5. The number of aromatic nitrogens is 1. The van der Waals surface area contributed by atoms with Crippen LogP contribution in [0.1, 0.15) is 52.4 Å². The SMILES string of the molecule is COC(=O)c1ccc(C2C3=C(CCCC3=O)Nc3c2ccc2nc(C)ccc32)cc1. The van der Waals surface area contributed by atoms with Crippen LogP contribution >= 0.6 is 0 Å². The Morgan fingerprint density at radius 2 is 1.87 bits per heavy atom. The zero-order valence-corrected chi connectivity index (χ0v) is 17.0. The van der Waals surface area contributed by atoms with E-state index in [-0.39, 0.29) is 17.7 Å². The Kier molecular flexibility index (Phi) is 4.39. The number of ether oxygens (including phenoxy) is 1. The van der Waals surface area contributed by atoms with E-state index in [1.165, 1.54) is 7.11 Å². The minimum atomic E-state index is -0.367. The smallest absolute Gasteiger partial charge is 0.337 e. The summed E-state index contributed by atoms with van der Waals surface area (Å²) in [6.45, 7) is 1.98. The number of pyridine rings is 1. The lowest BCUT2D eigenvalue weighted by Gasteiger charge is -2.34. The predicted molar refractivity (Wildman–Crippen MR) is 116 cm³/mol. The number of Topliss-reactive ketones (excluding diaryl/α,β-unsaturated/α-hetero) is 1. The number of rotatable bonds is 2. The van der Waals surface area contributed by atoms with E-state index in [1.54, 1.807) is 12.1 Å². The Morgan fingerprint density at radius 3 is 2.63 bits per heavy atom. The van der Waals surface area contributed by atoms with Crippen LogP contribution in [0.5, 0.6) is 0 Å². The zero-order valence-electron chi connectivity index (χ0n) is 17.0. The van der Waals surface area contributed by atoms with Gasteiger partial charge in [0, 0.05) is 34.7 Å². The molecule has 0 amide bonds. The first kappa shape index (κ1) is 18.6. The lowest BCUT2D eigenvalue weighted by Crippen LogP contribution is -2.27. The van der Waals surface area contributed by atoms with Gasteiger partial charge in [0.1, 0.15) is 0 Å². The molecule has 2 aromatic carbocycles. The molecule has 2 heterocycles. The molecule has 5 heteroatoms. The van der Waals surface area contributed by atoms with E-state index in [2.05, 4.69) is 22.4 Å². The first-order valence-corrected chi connectivity index (χ1v) is 10.2. The van der Waals surface area contributed by atoms with E-state index in [4.69, 9.17) is 4.74 Å². The largest absolute Gasteiger partial charge is 0.465 e. The van der Waals surface area contributed by atoms with E-state index in [9.17, 15) is 9.59 Å². The zero-order chi connectivity index (χ0) is 20.8. The molecule has 3 aromatic rings. The van der Waals surface area contributed by atoms with Crippen molar-refractivity contribution in [3.05, 3.63) is 82.2 Å². The highest BCUT2D eigenvalue weighted by Gasteiger charge is 2.35. The van der Waals surface area contributed by atoms with Gasteiger partial charge >= 0.3 is 5.97 Å². The van der Waals surface area contributed by atoms with E-state index < -0.39 is 0 Å². The number of benzene rings is 2. The number of carbonyl (C=O) groups excluding carboxylic acids is 2. The van der Waals surface area contributed by atoms with Crippen molar-refractivity contribution in [2.45, 2.75) is 32.1 Å². The summed E-state index contributed by atoms with van der Waals surface area (Å²) in [4.78, 5) is 29.5. The standard InChI is InChI=1S/C25H22N2O3/c1-14-6-11-17-19(26-14)13-12-18-22(15-7-9-16(10-8-15)25(29)30-2)23-20(27-24(17)18)4-3-5-21(23)28/h6-13,22,27H,3-5H2,1-2H3. The monoisotopic (exact) mass is 398 g/mol. The molecule has 0 fully saturated rings. The van der Waals surface area contributed by atoms with Gasteiger partial charge in [-0.05, 0) is 61.2 Å². The number of aryl methyl sites for hydroxylation is 1. The molecule has 0 saturated carbocycles. The fourth-order valence-electron chi connectivity index (χ4n) is 4.61. The van der Waals surface area contributed by atoms with Crippen LogP contribution in [0, 0.1) is 6.92 Å². The molecule has 0 spiro atoms. The van der Waals surface area contributed by atoms with E-state index in [0.29, 0.717) is 12.0 Å². The number of anilines is 1. The molecule has 5 nitrogen and oxygen atoms in total. The third kappa shape index (κ3) is 2.89. The molecule has 1 unspecified atom stereocenters. The lowest BCUT2D eigenvalue weighted by atomic mass is 9.75. The summed E-state index contributed by atoms with van der Waals surface area (Å²) in [5.74, 6) is -0.339. The molecule has 1 aromatic heterocycles. The van der Waals surface area contributed by atoms with E-state index in [0.717, 1.165) is 57.5 Å². The summed E-state index contributed by atoms with van der Waals surface area (Å²) in [6, 6.07) is 15.6. The Hall–Kier alpha value is -3.47. The molecule has 2 aliphatic rings. The second kappa shape index (κ2) is 7.10. The number of nitrogens with zero attached hydrogens (tertiary/aromatic N) is 1. The van der Waals surface area contributed by atoms with Crippen molar-refractivity contribution in [2.24, 2.45) is 0 Å². The summed E-state index contributed by atoms with van der Waals surface area (Å²) in [6.07, 6.45) is 2.28. The van der Waals surface area contributed by atoms with Gasteiger partial charge in [0.05, 0.1) is 23.9 Å². The van der Waals surface area contributed by atoms with Crippen LogP contribution in [-0.2, 0) is 9.53 Å². The molecule has 5 rings (SSSR count). The first-order valence-electron chi connectivity index (χ1n) is 10.2. The second-order valence-corrected chi connectivity index (χ2v) is 7.89. The van der Waals surface area contributed by atoms with Crippen molar-refractivity contribution >= 4 is 28.3 Å². The number of hydrogen-bond donors (Lipinski definition) is 1. The molecule has 30 heavy (non-hydrogen) atoms. The summed E-state index contributed by atoms with van der Waals surface area (Å²) in [5, 5.41) is 4.63. The number of nitrogens with one attached hydrogen (secondary N) is 1. The quantitative estimate of drug-likeness (QED) is 0.622. The molecular formula is C25H22N2O3. The average Bonchev–Trinajstić information content (AvgIpc) is 2.77. The highest BCUT2D eigenvalue weighted by molar-refractivity contribution is 6.04. The minimum Gasteiger partial charge on any atom is -0.465 e. The number of esters is 1. The summed E-state index contributed by atoms with van der Waals surface area (Å²) >= 11 is 0. The summed E-state index contributed by atoms with van der Waals surface area (Å²) < 4.78 is 4.82. The first-order chi connectivity index (χ1) is 14.6. The van der Waals surface area contributed by atoms with Gasteiger partial charge in [-0.2, -0.15) is 0 Å². The topological polar surface area (TPSA) is 68.3 Å². The molecule has 1 atom stereocenters. The highest BCUT2D eigenvalue weighted by Crippen LogP contribution is 2.47. The van der Waals surface area contributed by atoms with Crippen LogP contribution in [0.15, 0.2) is 59.8 Å². The summed E-state index contributed by atoms with van der Waals surface area (Å²) in [5.41, 5.74) is 7.34. The fraction of sp³-hybridized carbons (Fsp3) is 0.240. The maximum Gasteiger partial charge on any atom is 0.337 e. The molecule has 1 N–H and O–H groups in total. The Bertz CT molecular complexity index is 1230. The third-order valence-corrected chi connectivity index (χ3v) is 6.04. The number of methoxy groups -OCH3 is 1. The normalized spacial score (nSPS) is 17.9. The maximum absolute atomic E-state index is 13.0.